The minimum Gasteiger partial charge on any atom is -0.362 e. The highest BCUT2D eigenvalue weighted by atomic mass is 16.5. The molecule has 2 heteroatoms. The van der Waals surface area contributed by atoms with Crippen molar-refractivity contribution in [2.45, 2.75) is 12.2 Å². The third-order valence-electron chi connectivity index (χ3n) is 5.55. The van der Waals surface area contributed by atoms with Crippen LogP contribution in [0.4, 0.5) is 0 Å². The highest BCUT2D eigenvalue weighted by Gasteiger charge is 2.34. The smallest absolute Gasteiger partial charge is 0.195 e. The average Bonchev–Trinajstić information content (AvgIpc) is 2.82. The number of hydrogen-bond acceptors (Lipinski definition) is 2. The minimum atomic E-state index is -2.02. The Hall–Kier alpha value is -4.08. The van der Waals surface area contributed by atoms with Gasteiger partial charge in [-0.2, -0.15) is 0 Å². The van der Waals surface area contributed by atoms with Crippen LogP contribution >= 0.6 is 0 Å². The largest absolute Gasteiger partial charge is 0.362 e. The summed E-state index contributed by atoms with van der Waals surface area (Å²) in [7, 11) is 0. The van der Waals surface area contributed by atoms with Crippen LogP contribution in [0.25, 0.3) is 16.8 Å². The zero-order chi connectivity index (χ0) is 22.0. The normalized spacial score (nSPS) is 13.4. The third-order valence-corrected chi connectivity index (χ3v) is 5.55. The molecule has 0 amide bonds. The topological polar surface area (TPSA) is 40.5 Å². The molecule has 1 aliphatic rings. The van der Waals surface area contributed by atoms with Crippen molar-refractivity contribution < 1.29 is 10.2 Å². The monoisotopic (exact) mass is 412 g/mol. The SMILES string of the molecule is OC1(O)CC=Cc2c1c(C#Cc1ccccc1)c1ccccc1c2C#Cc1ccccc1. The van der Waals surface area contributed by atoms with E-state index in [9.17, 15) is 10.2 Å². The van der Waals surface area contributed by atoms with E-state index in [0.717, 1.165) is 27.5 Å². The Balaban J connectivity index is 1.82. The van der Waals surface area contributed by atoms with Crippen molar-refractivity contribution in [1.82, 2.24) is 0 Å². The highest BCUT2D eigenvalue weighted by molar-refractivity contribution is 5.98. The first-order valence-corrected chi connectivity index (χ1v) is 10.5. The predicted molar refractivity (Wildman–Crippen MR) is 129 cm³/mol. The summed E-state index contributed by atoms with van der Waals surface area (Å²) in [6.07, 6.45) is 3.80. The molecule has 0 aliphatic heterocycles. The van der Waals surface area contributed by atoms with Gasteiger partial charge in [-0.1, -0.05) is 96.5 Å². The molecule has 0 aromatic heterocycles. The Morgan fingerprint density at radius 1 is 0.594 bits per heavy atom. The molecule has 5 rings (SSSR count). The summed E-state index contributed by atoms with van der Waals surface area (Å²) >= 11 is 0. The van der Waals surface area contributed by atoms with E-state index in [1.54, 1.807) is 6.08 Å². The van der Waals surface area contributed by atoms with Gasteiger partial charge in [-0.05, 0) is 35.0 Å². The molecule has 0 heterocycles. The van der Waals surface area contributed by atoms with Gasteiger partial charge in [0.1, 0.15) is 0 Å². The Labute approximate surface area is 187 Å². The zero-order valence-electron chi connectivity index (χ0n) is 17.3. The Kier molecular flexibility index (Phi) is 5.10. The van der Waals surface area contributed by atoms with Gasteiger partial charge in [0, 0.05) is 39.8 Å². The van der Waals surface area contributed by atoms with Crippen molar-refractivity contribution in [2.24, 2.45) is 0 Å². The first kappa shape index (κ1) is 19.9. The fourth-order valence-electron chi connectivity index (χ4n) is 4.06. The van der Waals surface area contributed by atoms with Gasteiger partial charge in [-0.25, -0.2) is 0 Å². The summed E-state index contributed by atoms with van der Waals surface area (Å²) < 4.78 is 0. The molecular weight excluding hydrogens is 392 g/mol. The van der Waals surface area contributed by atoms with Gasteiger partial charge in [-0.15, -0.1) is 0 Å². The van der Waals surface area contributed by atoms with Gasteiger partial charge in [-0.3, -0.25) is 0 Å². The molecule has 2 N–H and O–H groups in total. The quantitative estimate of drug-likeness (QED) is 0.308. The second kappa shape index (κ2) is 8.22. The molecule has 0 unspecified atom stereocenters. The molecule has 0 radical (unpaired) electrons. The van der Waals surface area contributed by atoms with Crippen molar-refractivity contribution in [3.8, 4) is 23.7 Å². The van der Waals surface area contributed by atoms with E-state index in [-0.39, 0.29) is 6.42 Å². The average molecular weight is 412 g/mol. The van der Waals surface area contributed by atoms with Gasteiger partial charge in [0.15, 0.2) is 5.79 Å². The molecule has 0 bridgehead atoms. The molecule has 0 saturated heterocycles. The van der Waals surface area contributed by atoms with Gasteiger partial charge < -0.3 is 10.2 Å². The van der Waals surface area contributed by atoms with Crippen LogP contribution in [0.1, 0.15) is 39.8 Å². The van der Waals surface area contributed by atoms with Crippen molar-refractivity contribution >= 4 is 16.8 Å². The van der Waals surface area contributed by atoms with Crippen molar-refractivity contribution in [3.63, 3.8) is 0 Å². The van der Waals surface area contributed by atoms with Gasteiger partial charge in [0.25, 0.3) is 0 Å². The third kappa shape index (κ3) is 3.70. The van der Waals surface area contributed by atoms with Crippen LogP contribution < -0.4 is 0 Å². The second-order valence-electron chi connectivity index (χ2n) is 7.74. The summed E-state index contributed by atoms with van der Waals surface area (Å²) in [5.74, 6) is 10.9. The first-order chi connectivity index (χ1) is 15.6. The number of aliphatic hydroxyl groups is 2. The molecule has 152 valence electrons. The molecule has 0 saturated carbocycles. The Morgan fingerprint density at radius 2 is 1.09 bits per heavy atom. The summed E-state index contributed by atoms with van der Waals surface area (Å²) in [5.41, 5.74) is 4.29. The zero-order valence-corrected chi connectivity index (χ0v) is 17.3. The van der Waals surface area contributed by atoms with Crippen LogP contribution in [0.15, 0.2) is 91.0 Å². The van der Waals surface area contributed by atoms with Crippen molar-refractivity contribution in [1.29, 1.82) is 0 Å². The van der Waals surface area contributed by atoms with E-state index in [1.807, 2.05) is 91.0 Å². The summed E-state index contributed by atoms with van der Waals surface area (Å²) in [6, 6.07) is 27.3. The molecule has 0 fully saturated rings. The molecule has 2 nitrogen and oxygen atoms in total. The van der Waals surface area contributed by atoms with E-state index in [4.69, 9.17) is 0 Å². The van der Waals surface area contributed by atoms with E-state index >= 15 is 0 Å². The van der Waals surface area contributed by atoms with E-state index < -0.39 is 5.79 Å². The van der Waals surface area contributed by atoms with E-state index in [1.165, 1.54) is 0 Å². The van der Waals surface area contributed by atoms with Crippen LogP contribution in [0.3, 0.4) is 0 Å². The lowest BCUT2D eigenvalue weighted by Crippen LogP contribution is -2.29. The lowest BCUT2D eigenvalue weighted by Gasteiger charge is -2.29. The highest BCUT2D eigenvalue weighted by Crippen LogP contribution is 2.40. The molecule has 0 atom stereocenters. The second-order valence-corrected chi connectivity index (χ2v) is 7.74. The van der Waals surface area contributed by atoms with Crippen LogP contribution in [0, 0.1) is 23.7 Å². The van der Waals surface area contributed by atoms with Gasteiger partial charge in [0.2, 0.25) is 0 Å². The maximum Gasteiger partial charge on any atom is 0.195 e. The fourth-order valence-corrected chi connectivity index (χ4v) is 4.06. The molecule has 4 aromatic rings. The molecule has 4 aromatic carbocycles. The molecule has 32 heavy (non-hydrogen) atoms. The summed E-state index contributed by atoms with van der Waals surface area (Å²) in [6.45, 7) is 0. The molecule has 1 aliphatic carbocycles. The number of rotatable bonds is 0. The number of hydrogen-bond donors (Lipinski definition) is 2. The minimum absolute atomic E-state index is 0.101. The standard InChI is InChI=1S/C30H20O2/c31-30(32)21-9-16-27-26(19-17-22-10-3-1-4-11-22)24-14-7-8-15-25(24)28(29(27)30)20-18-23-12-5-2-6-13-23/h1-16,31-32H,21H2. The molecule has 0 spiro atoms. The van der Waals surface area contributed by atoms with Gasteiger partial charge in [0.05, 0.1) is 0 Å². The maximum atomic E-state index is 11.0. The number of fused-ring (bicyclic) bond motifs is 2. The van der Waals surface area contributed by atoms with Crippen molar-refractivity contribution in [2.75, 3.05) is 0 Å². The molecular formula is C30H20O2. The summed E-state index contributed by atoms with van der Waals surface area (Å²) in [4.78, 5) is 0. The maximum absolute atomic E-state index is 11.0. The fraction of sp³-hybridized carbons (Fsp3) is 0.0667. The van der Waals surface area contributed by atoms with Crippen LogP contribution in [0.2, 0.25) is 0 Å². The Morgan fingerprint density at radius 3 is 1.69 bits per heavy atom. The van der Waals surface area contributed by atoms with E-state index in [0.29, 0.717) is 16.7 Å². The summed E-state index contributed by atoms with van der Waals surface area (Å²) in [5, 5.41) is 23.7. The first-order valence-electron chi connectivity index (χ1n) is 10.5. The van der Waals surface area contributed by atoms with E-state index in [2.05, 4.69) is 23.7 Å². The van der Waals surface area contributed by atoms with Gasteiger partial charge >= 0.3 is 0 Å². The number of benzene rings is 4. The van der Waals surface area contributed by atoms with Crippen molar-refractivity contribution in [3.05, 3.63) is 124 Å². The van der Waals surface area contributed by atoms with Crippen LogP contribution in [-0.4, -0.2) is 10.2 Å². The van der Waals surface area contributed by atoms with Crippen LogP contribution in [0.5, 0.6) is 0 Å². The Bertz CT molecular complexity index is 1460. The predicted octanol–water partition coefficient (Wildman–Crippen LogP) is 5.19. The lowest BCUT2D eigenvalue weighted by atomic mass is 9.81. The van der Waals surface area contributed by atoms with Crippen LogP contribution in [-0.2, 0) is 5.79 Å². The lowest BCUT2D eigenvalue weighted by molar-refractivity contribution is -0.167.